The molecule has 1 aromatic heterocycles. The first-order valence-corrected chi connectivity index (χ1v) is 6.77. The van der Waals surface area contributed by atoms with E-state index in [-0.39, 0.29) is 12.1 Å². The minimum absolute atomic E-state index is 0.235. The highest BCUT2D eigenvalue weighted by atomic mass is 16.6. The molecular weight excluding hydrogens is 242 g/mol. The maximum absolute atomic E-state index is 11.6. The van der Waals surface area contributed by atoms with Gasteiger partial charge in [0.05, 0.1) is 0 Å². The molecule has 1 amide bonds. The van der Waals surface area contributed by atoms with Gasteiger partial charge in [-0.15, -0.1) is 0 Å². The lowest BCUT2D eigenvalue weighted by Crippen LogP contribution is -2.52. The van der Waals surface area contributed by atoms with Crippen LogP contribution in [0.25, 0.3) is 0 Å². The maximum atomic E-state index is 11.6. The lowest BCUT2D eigenvalue weighted by molar-refractivity contribution is 0.0465. The molecule has 0 aromatic carbocycles. The number of carbonyl (C=O) groups is 1. The van der Waals surface area contributed by atoms with Crippen molar-refractivity contribution < 1.29 is 9.53 Å². The van der Waals surface area contributed by atoms with Crippen LogP contribution in [0.3, 0.4) is 0 Å². The molecule has 5 nitrogen and oxygen atoms in total. The Balaban J connectivity index is 1.60. The molecule has 5 heteroatoms. The van der Waals surface area contributed by atoms with Crippen LogP contribution in [0, 0.1) is 0 Å². The molecule has 19 heavy (non-hydrogen) atoms. The van der Waals surface area contributed by atoms with Crippen LogP contribution in [0.2, 0.25) is 0 Å². The summed E-state index contributed by atoms with van der Waals surface area (Å²) in [4.78, 5) is 14.6. The van der Waals surface area contributed by atoms with Gasteiger partial charge >= 0.3 is 6.09 Å². The Bertz CT molecular complexity index is 403. The molecule has 0 atom stereocenters. The highest BCUT2D eigenvalue weighted by Gasteiger charge is 2.31. The normalized spacial score (nSPS) is 22.7. The number of nitrogens with one attached hydrogen (secondary N) is 3. The Hall–Kier alpha value is -1.49. The Kier molecular flexibility index (Phi) is 4.14. The Labute approximate surface area is 114 Å². The number of hydrogen-bond donors (Lipinski definition) is 3. The van der Waals surface area contributed by atoms with E-state index in [1.165, 1.54) is 5.56 Å². The molecule has 0 radical (unpaired) electrons. The van der Waals surface area contributed by atoms with Crippen LogP contribution < -0.4 is 10.6 Å². The SMILES string of the molecule is CC(C)(C)OC(=O)NC1CC(NCc2cc[nH]c2)C1. The molecule has 106 valence electrons. The molecule has 2 rings (SSSR count). The quantitative estimate of drug-likeness (QED) is 0.781. The van der Waals surface area contributed by atoms with Crippen molar-refractivity contribution in [3.63, 3.8) is 0 Å². The maximum Gasteiger partial charge on any atom is 0.407 e. The van der Waals surface area contributed by atoms with Crippen LogP contribution in [0.4, 0.5) is 4.79 Å². The van der Waals surface area contributed by atoms with E-state index in [0.717, 1.165) is 19.4 Å². The van der Waals surface area contributed by atoms with Gasteiger partial charge < -0.3 is 20.4 Å². The monoisotopic (exact) mass is 265 g/mol. The topological polar surface area (TPSA) is 66.2 Å². The van der Waals surface area contributed by atoms with Crippen LogP contribution in [0.15, 0.2) is 18.5 Å². The van der Waals surface area contributed by atoms with Crippen LogP contribution in [0.5, 0.6) is 0 Å². The summed E-state index contributed by atoms with van der Waals surface area (Å²) in [6.07, 6.45) is 5.52. The summed E-state index contributed by atoms with van der Waals surface area (Å²) >= 11 is 0. The van der Waals surface area contributed by atoms with Gasteiger partial charge in [-0.05, 0) is 45.2 Å². The van der Waals surface area contributed by atoms with Crippen LogP contribution in [-0.4, -0.2) is 28.8 Å². The van der Waals surface area contributed by atoms with Crippen molar-refractivity contribution in [2.45, 2.75) is 57.8 Å². The van der Waals surface area contributed by atoms with Crippen molar-refractivity contribution in [1.82, 2.24) is 15.6 Å². The van der Waals surface area contributed by atoms with Gasteiger partial charge in [0.15, 0.2) is 0 Å². The van der Waals surface area contributed by atoms with Crippen molar-refractivity contribution >= 4 is 6.09 Å². The van der Waals surface area contributed by atoms with Crippen molar-refractivity contribution in [2.24, 2.45) is 0 Å². The lowest BCUT2D eigenvalue weighted by atomic mass is 9.87. The van der Waals surface area contributed by atoms with Gasteiger partial charge in [0, 0.05) is 31.0 Å². The molecule has 1 aliphatic carbocycles. The third kappa shape index (κ3) is 4.59. The van der Waals surface area contributed by atoms with Crippen LogP contribution in [-0.2, 0) is 11.3 Å². The van der Waals surface area contributed by atoms with E-state index in [1.54, 1.807) is 0 Å². The summed E-state index contributed by atoms with van der Waals surface area (Å²) in [5.41, 5.74) is 0.822. The van der Waals surface area contributed by atoms with E-state index in [1.807, 2.05) is 33.2 Å². The summed E-state index contributed by atoms with van der Waals surface area (Å²) in [6, 6.07) is 2.77. The Morgan fingerprint density at radius 2 is 2.16 bits per heavy atom. The average molecular weight is 265 g/mol. The first-order valence-electron chi connectivity index (χ1n) is 6.77. The van der Waals surface area contributed by atoms with Crippen molar-refractivity contribution in [2.75, 3.05) is 0 Å². The second-order valence-electron chi connectivity index (χ2n) is 6.11. The van der Waals surface area contributed by atoms with Gasteiger partial charge in [0.1, 0.15) is 5.60 Å². The number of amides is 1. The lowest BCUT2D eigenvalue weighted by Gasteiger charge is -2.36. The van der Waals surface area contributed by atoms with Gasteiger partial charge in [-0.25, -0.2) is 4.79 Å². The molecule has 0 spiro atoms. The van der Waals surface area contributed by atoms with Crippen molar-refractivity contribution in [1.29, 1.82) is 0 Å². The molecule has 0 aliphatic heterocycles. The van der Waals surface area contributed by atoms with Crippen molar-refractivity contribution in [3.05, 3.63) is 24.0 Å². The summed E-state index contributed by atoms with van der Waals surface area (Å²) in [7, 11) is 0. The highest BCUT2D eigenvalue weighted by Crippen LogP contribution is 2.21. The number of hydrogen-bond acceptors (Lipinski definition) is 3. The molecule has 1 fully saturated rings. The third-order valence-corrected chi connectivity index (χ3v) is 3.12. The average Bonchev–Trinajstić information content (AvgIpc) is 2.71. The van der Waals surface area contributed by atoms with Gasteiger partial charge in [0.2, 0.25) is 0 Å². The number of alkyl carbamates (subject to hydrolysis) is 1. The fraction of sp³-hybridized carbons (Fsp3) is 0.643. The predicted molar refractivity (Wildman–Crippen MR) is 73.8 cm³/mol. The first-order chi connectivity index (χ1) is 8.92. The fourth-order valence-electron chi connectivity index (χ4n) is 2.11. The summed E-state index contributed by atoms with van der Waals surface area (Å²) in [5.74, 6) is 0. The summed E-state index contributed by atoms with van der Waals surface area (Å²) < 4.78 is 5.22. The summed E-state index contributed by atoms with van der Waals surface area (Å²) in [6.45, 7) is 6.48. The Morgan fingerprint density at radius 3 is 2.74 bits per heavy atom. The molecule has 0 unspecified atom stereocenters. The number of rotatable bonds is 4. The molecule has 0 bridgehead atoms. The molecule has 1 saturated carbocycles. The number of ether oxygens (including phenoxy) is 1. The zero-order chi connectivity index (χ0) is 13.9. The van der Waals surface area contributed by atoms with Crippen LogP contribution >= 0.6 is 0 Å². The molecule has 3 N–H and O–H groups in total. The van der Waals surface area contributed by atoms with E-state index >= 15 is 0 Å². The number of aromatic amines is 1. The van der Waals surface area contributed by atoms with E-state index in [0.29, 0.717) is 6.04 Å². The van der Waals surface area contributed by atoms with E-state index in [4.69, 9.17) is 4.74 Å². The van der Waals surface area contributed by atoms with Crippen molar-refractivity contribution in [3.8, 4) is 0 Å². The second-order valence-corrected chi connectivity index (χ2v) is 6.11. The largest absolute Gasteiger partial charge is 0.444 e. The summed E-state index contributed by atoms with van der Waals surface area (Å²) in [5, 5.41) is 6.35. The van der Waals surface area contributed by atoms with Gasteiger partial charge in [-0.1, -0.05) is 0 Å². The van der Waals surface area contributed by atoms with E-state index < -0.39 is 5.60 Å². The minimum Gasteiger partial charge on any atom is -0.444 e. The van der Waals surface area contributed by atoms with Gasteiger partial charge in [0.25, 0.3) is 0 Å². The molecular formula is C14H23N3O2. The number of carbonyl (C=O) groups excluding carboxylic acids is 1. The Morgan fingerprint density at radius 1 is 1.42 bits per heavy atom. The fourth-order valence-corrected chi connectivity index (χ4v) is 2.11. The number of aromatic nitrogens is 1. The second kappa shape index (κ2) is 5.65. The zero-order valence-corrected chi connectivity index (χ0v) is 11.8. The highest BCUT2D eigenvalue weighted by molar-refractivity contribution is 5.68. The minimum atomic E-state index is -0.431. The molecule has 1 heterocycles. The number of H-pyrrole nitrogens is 1. The third-order valence-electron chi connectivity index (χ3n) is 3.12. The predicted octanol–water partition coefficient (Wildman–Crippen LogP) is 2.16. The van der Waals surface area contributed by atoms with E-state index in [2.05, 4.69) is 21.7 Å². The standard InChI is InChI=1S/C14H23N3O2/c1-14(2,3)19-13(18)17-12-6-11(7-12)16-9-10-4-5-15-8-10/h4-5,8,11-12,15-16H,6-7,9H2,1-3H3,(H,17,18). The molecule has 0 saturated heterocycles. The first kappa shape index (κ1) is 13.9. The molecule has 1 aromatic rings. The van der Waals surface area contributed by atoms with Gasteiger partial charge in [-0.2, -0.15) is 0 Å². The van der Waals surface area contributed by atoms with E-state index in [9.17, 15) is 4.79 Å². The smallest absolute Gasteiger partial charge is 0.407 e. The van der Waals surface area contributed by atoms with Gasteiger partial charge in [-0.3, -0.25) is 0 Å². The van der Waals surface area contributed by atoms with Crippen LogP contribution in [0.1, 0.15) is 39.2 Å². The zero-order valence-electron chi connectivity index (χ0n) is 11.8. The molecule has 1 aliphatic rings.